The minimum Gasteiger partial charge on any atom is -0.381 e. The fourth-order valence-electron chi connectivity index (χ4n) is 2.44. The molecule has 0 aromatic rings. The topological polar surface area (TPSA) is 24.5 Å². The Morgan fingerprint density at radius 2 is 2.43 bits per heavy atom. The average Bonchev–Trinajstić information content (AvgIpc) is 2.23. The highest BCUT2D eigenvalue weighted by Crippen LogP contribution is 2.16. The second-order valence-electron chi connectivity index (χ2n) is 4.63. The Morgan fingerprint density at radius 3 is 3.14 bits per heavy atom. The molecule has 2 atom stereocenters. The monoisotopic (exact) mass is 198 g/mol. The zero-order chi connectivity index (χ0) is 9.80. The number of hydrogen-bond acceptors (Lipinski definition) is 3. The van der Waals surface area contributed by atoms with Crippen LogP contribution in [0.3, 0.4) is 0 Å². The number of hydrogen-bond donors (Lipinski definition) is 1. The van der Waals surface area contributed by atoms with Crippen LogP contribution in [0.25, 0.3) is 0 Å². The molecular formula is C11H22N2O. The minimum atomic E-state index is 0.700. The number of ether oxygens (including phenoxy) is 1. The normalized spacial score (nSPS) is 35.8. The second-order valence-corrected chi connectivity index (χ2v) is 4.63. The van der Waals surface area contributed by atoms with Crippen LogP contribution in [-0.4, -0.2) is 50.3 Å². The van der Waals surface area contributed by atoms with E-state index in [0.29, 0.717) is 6.04 Å². The van der Waals surface area contributed by atoms with Gasteiger partial charge in [-0.25, -0.2) is 0 Å². The lowest BCUT2D eigenvalue weighted by Crippen LogP contribution is -2.51. The Hall–Kier alpha value is -0.120. The van der Waals surface area contributed by atoms with Crippen molar-refractivity contribution in [2.45, 2.75) is 25.8 Å². The van der Waals surface area contributed by atoms with E-state index in [2.05, 4.69) is 17.1 Å². The highest BCUT2D eigenvalue weighted by atomic mass is 16.5. The molecule has 2 heterocycles. The third kappa shape index (κ3) is 2.69. The molecule has 3 heteroatoms. The SMILES string of the molecule is CC1CNCCN1CC1CCCOC1. The van der Waals surface area contributed by atoms with E-state index in [1.165, 1.54) is 25.9 Å². The van der Waals surface area contributed by atoms with E-state index in [4.69, 9.17) is 4.74 Å². The second kappa shape index (κ2) is 5.10. The summed E-state index contributed by atoms with van der Waals surface area (Å²) in [5, 5.41) is 3.43. The fraction of sp³-hybridized carbons (Fsp3) is 1.00. The Morgan fingerprint density at radius 1 is 1.50 bits per heavy atom. The van der Waals surface area contributed by atoms with Crippen LogP contribution in [-0.2, 0) is 4.74 Å². The smallest absolute Gasteiger partial charge is 0.0506 e. The molecule has 2 fully saturated rings. The predicted molar refractivity (Wildman–Crippen MR) is 57.4 cm³/mol. The van der Waals surface area contributed by atoms with Gasteiger partial charge in [0.25, 0.3) is 0 Å². The van der Waals surface area contributed by atoms with Gasteiger partial charge in [0, 0.05) is 38.8 Å². The van der Waals surface area contributed by atoms with Crippen molar-refractivity contribution < 1.29 is 4.74 Å². The van der Waals surface area contributed by atoms with Crippen molar-refractivity contribution in [1.29, 1.82) is 0 Å². The summed E-state index contributed by atoms with van der Waals surface area (Å²) in [7, 11) is 0. The number of nitrogens with one attached hydrogen (secondary N) is 1. The molecule has 0 spiro atoms. The molecule has 14 heavy (non-hydrogen) atoms. The number of piperazine rings is 1. The van der Waals surface area contributed by atoms with Crippen LogP contribution in [0, 0.1) is 5.92 Å². The molecule has 2 aliphatic rings. The molecule has 0 amide bonds. The maximum Gasteiger partial charge on any atom is 0.0506 e. The first-order valence-electron chi connectivity index (χ1n) is 5.89. The quantitative estimate of drug-likeness (QED) is 0.707. The molecule has 2 aliphatic heterocycles. The first-order valence-corrected chi connectivity index (χ1v) is 5.89. The van der Waals surface area contributed by atoms with Gasteiger partial charge >= 0.3 is 0 Å². The minimum absolute atomic E-state index is 0.700. The Labute approximate surface area is 86.8 Å². The van der Waals surface area contributed by atoms with Crippen molar-refractivity contribution in [2.24, 2.45) is 5.92 Å². The molecule has 2 saturated heterocycles. The molecule has 0 radical (unpaired) electrons. The zero-order valence-electron chi connectivity index (χ0n) is 9.17. The molecule has 0 aliphatic carbocycles. The Bertz CT molecular complexity index is 169. The summed E-state index contributed by atoms with van der Waals surface area (Å²) < 4.78 is 5.52. The molecule has 2 unspecified atom stereocenters. The van der Waals surface area contributed by atoms with Crippen molar-refractivity contribution in [1.82, 2.24) is 10.2 Å². The lowest BCUT2D eigenvalue weighted by Gasteiger charge is -2.37. The van der Waals surface area contributed by atoms with Gasteiger partial charge in [-0.05, 0) is 25.7 Å². The van der Waals surface area contributed by atoms with Gasteiger partial charge in [0.2, 0.25) is 0 Å². The molecule has 1 N–H and O–H groups in total. The number of rotatable bonds is 2. The van der Waals surface area contributed by atoms with Crippen molar-refractivity contribution in [3.63, 3.8) is 0 Å². The van der Waals surface area contributed by atoms with Gasteiger partial charge < -0.3 is 10.1 Å². The molecule has 3 nitrogen and oxygen atoms in total. The van der Waals surface area contributed by atoms with Gasteiger partial charge in [-0.15, -0.1) is 0 Å². The Balaban J connectivity index is 1.76. The molecule has 0 saturated carbocycles. The number of nitrogens with zero attached hydrogens (tertiary/aromatic N) is 1. The van der Waals surface area contributed by atoms with Crippen LogP contribution in [0.4, 0.5) is 0 Å². The van der Waals surface area contributed by atoms with E-state index < -0.39 is 0 Å². The van der Waals surface area contributed by atoms with Gasteiger partial charge in [0.1, 0.15) is 0 Å². The van der Waals surface area contributed by atoms with Gasteiger partial charge in [0.15, 0.2) is 0 Å². The standard InChI is InChI=1S/C11H22N2O/c1-10-7-12-4-5-13(10)8-11-3-2-6-14-9-11/h10-12H,2-9H2,1H3. The lowest BCUT2D eigenvalue weighted by molar-refractivity contribution is 0.0287. The van der Waals surface area contributed by atoms with E-state index in [-0.39, 0.29) is 0 Å². The van der Waals surface area contributed by atoms with Crippen molar-refractivity contribution >= 4 is 0 Å². The van der Waals surface area contributed by atoms with E-state index in [0.717, 1.165) is 32.2 Å². The maximum absolute atomic E-state index is 5.52. The molecular weight excluding hydrogens is 176 g/mol. The van der Waals surface area contributed by atoms with Crippen LogP contribution in [0.1, 0.15) is 19.8 Å². The summed E-state index contributed by atoms with van der Waals surface area (Å²) >= 11 is 0. The molecule has 0 bridgehead atoms. The van der Waals surface area contributed by atoms with Crippen LogP contribution in [0.2, 0.25) is 0 Å². The first kappa shape index (κ1) is 10.4. The van der Waals surface area contributed by atoms with E-state index in [1.807, 2.05) is 0 Å². The highest BCUT2D eigenvalue weighted by molar-refractivity contribution is 4.78. The molecule has 82 valence electrons. The molecule has 2 rings (SSSR count). The van der Waals surface area contributed by atoms with E-state index in [1.54, 1.807) is 0 Å². The Kier molecular flexibility index (Phi) is 3.79. The van der Waals surface area contributed by atoms with Crippen molar-refractivity contribution in [3.05, 3.63) is 0 Å². The van der Waals surface area contributed by atoms with Crippen LogP contribution < -0.4 is 5.32 Å². The van der Waals surface area contributed by atoms with Gasteiger partial charge in [-0.3, -0.25) is 4.90 Å². The maximum atomic E-state index is 5.52. The first-order chi connectivity index (χ1) is 6.86. The third-order valence-corrected chi connectivity index (χ3v) is 3.39. The van der Waals surface area contributed by atoms with Crippen LogP contribution >= 0.6 is 0 Å². The fourth-order valence-corrected chi connectivity index (χ4v) is 2.44. The molecule has 0 aromatic heterocycles. The summed E-state index contributed by atoms with van der Waals surface area (Å²) in [6, 6.07) is 0.700. The van der Waals surface area contributed by atoms with Gasteiger partial charge in [-0.1, -0.05) is 0 Å². The summed E-state index contributed by atoms with van der Waals surface area (Å²) in [6.07, 6.45) is 2.61. The van der Waals surface area contributed by atoms with Gasteiger partial charge in [0.05, 0.1) is 6.61 Å². The summed E-state index contributed by atoms with van der Waals surface area (Å²) in [4.78, 5) is 2.61. The van der Waals surface area contributed by atoms with Gasteiger partial charge in [-0.2, -0.15) is 0 Å². The lowest BCUT2D eigenvalue weighted by atomic mass is 10.0. The summed E-state index contributed by atoms with van der Waals surface area (Å²) in [6.45, 7) is 9.02. The van der Waals surface area contributed by atoms with Crippen molar-refractivity contribution in [2.75, 3.05) is 39.4 Å². The largest absolute Gasteiger partial charge is 0.381 e. The van der Waals surface area contributed by atoms with Crippen LogP contribution in [0.5, 0.6) is 0 Å². The van der Waals surface area contributed by atoms with E-state index >= 15 is 0 Å². The summed E-state index contributed by atoms with van der Waals surface area (Å²) in [5.74, 6) is 0.782. The highest BCUT2D eigenvalue weighted by Gasteiger charge is 2.22. The predicted octanol–water partition coefficient (Wildman–Crippen LogP) is 0.707. The van der Waals surface area contributed by atoms with Crippen molar-refractivity contribution in [3.8, 4) is 0 Å². The average molecular weight is 198 g/mol. The zero-order valence-corrected chi connectivity index (χ0v) is 9.17. The van der Waals surface area contributed by atoms with E-state index in [9.17, 15) is 0 Å². The molecule has 0 aromatic carbocycles. The van der Waals surface area contributed by atoms with Crippen LogP contribution in [0.15, 0.2) is 0 Å². The third-order valence-electron chi connectivity index (χ3n) is 3.39. The summed E-state index contributed by atoms with van der Waals surface area (Å²) in [5.41, 5.74) is 0.